The molecule has 0 bridgehead atoms. The number of carbonyl (C=O) groups excluding carboxylic acids is 1. The van der Waals surface area contributed by atoms with Crippen LogP contribution in [0.3, 0.4) is 0 Å². The molecule has 1 aliphatic heterocycles. The smallest absolute Gasteiger partial charge is 0.292 e. The second kappa shape index (κ2) is 9.43. The Kier molecular flexibility index (Phi) is 6.20. The van der Waals surface area contributed by atoms with Crippen molar-refractivity contribution in [3.8, 4) is 0 Å². The van der Waals surface area contributed by atoms with Crippen LogP contribution < -0.4 is 4.90 Å². The number of furan rings is 1. The summed E-state index contributed by atoms with van der Waals surface area (Å²) in [6, 6.07) is 14.3. The summed E-state index contributed by atoms with van der Waals surface area (Å²) in [5.41, 5.74) is 2.17. The van der Waals surface area contributed by atoms with E-state index in [0.717, 1.165) is 20.3 Å². The molecule has 174 valence electrons. The van der Waals surface area contributed by atoms with Crippen LogP contribution in [-0.2, 0) is 5.75 Å². The van der Waals surface area contributed by atoms with E-state index in [4.69, 9.17) is 4.42 Å². The van der Waals surface area contributed by atoms with E-state index < -0.39 is 0 Å². The molecule has 0 unspecified atom stereocenters. The minimum absolute atomic E-state index is 0.0748. The fourth-order valence-corrected chi connectivity index (χ4v) is 5.91. The average Bonchev–Trinajstić information content (AvgIpc) is 3.45. The van der Waals surface area contributed by atoms with Gasteiger partial charge in [-0.15, -0.1) is 10.2 Å². The van der Waals surface area contributed by atoms with Crippen LogP contribution in [-0.4, -0.2) is 52.1 Å². The number of benzene rings is 2. The monoisotopic (exact) mass is 495 g/mol. The largest absolute Gasteiger partial charge is 0.451 e. The summed E-state index contributed by atoms with van der Waals surface area (Å²) < 4.78 is 6.88. The predicted octanol–water partition coefficient (Wildman–Crippen LogP) is 4.76. The maximum atomic E-state index is 13.5. The number of hydrogen-bond donors (Lipinski definition) is 0. The summed E-state index contributed by atoms with van der Waals surface area (Å²) in [7, 11) is 0. The van der Waals surface area contributed by atoms with E-state index >= 15 is 0 Å². The Morgan fingerprint density at radius 3 is 2.59 bits per heavy atom. The van der Waals surface area contributed by atoms with Gasteiger partial charge >= 0.3 is 0 Å². The number of nitro groups is 1. The summed E-state index contributed by atoms with van der Waals surface area (Å²) in [5, 5.41) is 21.4. The Balaban J connectivity index is 1.35. The Bertz CT molecular complexity index is 1360. The maximum absolute atomic E-state index is 13.5. The molecule has 34 heavy (non-hydrogen) atoms. The molecule has 2 aromatic heterocycles. The highest BCUT2D eigenvalue weighted by molar-refractivity contribution is 8.00. The van der Waals surface area contributed by atoms with Gasteiger partial charge in [-0.3, -0.25) is 14.9 Å². The number of piperazine rings is 1. The van der Waals surface area contributed by atoms with Crippen LogP contribution >= 0.6 is 23.1 Å². The summed E-state index contributed by atoms with van der Waals surface area (Å²) in [4.78, 5) is 28.2. The summed E-state index contributed by atoms with van der Waals surface area (Å²) in [6.07, 6.45) is 0. The molecule has 0 atom stereocenters. The van der Waals surface area contributed by atoms with Crippen molar-refractivity contribution in [3.05, 3.63) is 75.0 Å². The lowest BCUT2D eigenvalue weighted by atomic mass is 10.1. The lowest BCUT2D eigenvalue weighted by molar-refractivity contribution is -0.384. The Morgan fingerprint density at radius 2 is 1.85 bits per heavy atom. The van der Waals surface area contributed by atoms with Crippen molar-refractivity contribution in [3.63, 3.8) is 0 Å². The fraction of sp³-hybridized carbons (Fsp3) is 0.261. The third kappa shape index (κ3) is 4.36. The standard InChI is InChI=1S/C23H21N5O4S2/c1-15-24-25-23(34-15)33-14-17-16-6-2-5-9-20(16)32-21(17)22(29)27-12-10-26(11-13-27)18-7-3-4-8-19(18)28(30)31/h2-9H,10-14H2,1H3. The van der Waals surface area contributed by atoms with Gasteiger partial charge < -0.3 is 14.2 Å². The lowest BCUT2D eigenvalue weighted by Gasteiger charge is -2.35. The van der Waals surface area contributed by atoms with Gasteiger partial charge in [0.15, 0.2) is 10.1 Å². The third-order valence-corrected chi connectivity index (χ3v) is 7.72. The molecule has 11 heteroatoms. The van der Waals surface area contributed by atoms with Gasteiger partial charge in [0.25, 0.3) is 11.6 Å². The highest BCUT2D eigenvalue weighted by atomic mass is 32.2. The van der Waals surface area contributed by atoms with E-state index in [9.17, 15) is 14.9 Å². The number of hydrogen-bond acceptors (Lipinski definition) is 9. The number of anilines is 1. The molecule has 5 rings (SSSR count). The number of rotatable bonds is 6. The van der Waals surface area contributed by atoms with Gasteiger partial charge in [-0.25, -0.2) is 0 Å². The van der Waals surface area contributed by atoms with E-state index in [1.54, 1.807) is 23.1 Å². The second-order valence-electron chi connectivity index (χ2n) is 7.81. The number of nitrogens with zero attached hydrogens (tertiary/aromatic N) is 5. The van der Waals surface area contributed by atoms with Crippen LogP contribution in [0.5, 0.6) is 0 Å². The number of thioether (sulfide) groups is 1. The van der Waals surface area contributed by atoms with E-state index in [1.165, 1.54) is 29.2 Å². The molecule has 3 heterocycles. The molecule has 1 aliphatic rings. The van der Waals surface area contributed by atoms with E-state index in [1.807, 2.05) is 36.1 Å². The molecule has 0 N–H and O–H groups in total. The number of carbonyl (C=O) groups is 1. The number of fused-ring (bicyclic) bond motifs is 1. The van der Waals surface area contributed by atoms with Crippen molar-refractivity contribution in [1.82, 2.24) is 15.1 Å². The van der Waals surface area contributed by atoms with Gasteiger partial charge in [0.05, 0.1) is 4.92 Å². The van der Waals surface area contributed by atoms with Crippen molar-refractivity contribution in [2.24, 2.45) is 0 Å². The van der Waals surface area contributed by atoms with Crippen LogP contribution in [0.1, 0.15) is 21.1 Å². The number of nitro benzene ring substituents is 1. The lowest BCUT2D eigenvalue weighted by Crippen LogP contribution is -2.49. The van der Waals surface area contributed by atoms with Gasteiger partial charge in [-0.2, -0.15) is 0 Å². The zero-order valence-corrected chi connectivity index (χ0v) is 20.0. The Labute approximate surface area is 203 Å². The first-order chi connectivity index (χ1) is 16.5. The molecule has 1 amide bonds. The molecular weight excluding hydrogens is 474 g/mol. The van der Waals surface area contributed by atoms with Crippen molar-refractivity contribution in [2.75, 3.05) is 31.1 Å². The Morgan fingerprint density at radius 1 is 1.12 bits per heavy atom. The van der Waals surface area contributed by atoms with Crippen molar-refractivity contribution in [2.45, 2.75) is 17.0 Å². The van der Waals surface area contributed by atoms with Crippen LogP contribution in [0.25, 0.3) is 11.0 Å². The van der Waals surface area contributed by atoms with Crippen LogP contribution in [0, 0.1) is 17.0 Å². The number of aryl methyl sites for hydroxylation is 1. The quantitative estimate of drug-likeness (QED) is 0.214. The minimum atomic E-state index is -0.370. The molecule has 1 fully saturated rings. The molecule has 2 aromatic carbocycles. The number of para-hydroxylation sites is 3. The highest BCUT2D eigenvalue weighted by Gasteiger charge is 2.30. The normalized spacial score (nSPS) is 14.0. The van der Waals surface area contributed by atoms with Gasteiger partial charge in [0.1, 0.15) is 16.3 Å². The van der Waals surface area contributed by atoms with E-state index in [0.29, 0.717) is 49.0 Å². The summed E-state index contributed by atoms with van der Waals surface area (Å²) in [6.45, 7) is 3.82. The van der Waals surface area contributed by atoms with E-state index in [-0.39, 0.29) is 16.5 Å². The molecule has 0 saturated carbocycles. The topological polar surface area (TPSA) is 106 Å². The molecule has 9 nitrogen and oxygen atoms in total. The molecule has 0 spiro atoms. The minimum Gasteiger partial charge on any atom is -0.451 e. The Hall–Kier alpha value is -3.44. The summed E-state index contributed by atoms with van der Waals surface area (Å²) in [5.74, 6) is 0.722. The van der Waals surface area contributed by atoms with Gasteiger partial charge in [0.2, 0.25) is 0 Å². The second-order valence-corrected chi connectivity index (χ2v) is 10.2. The van der Waals surface area contributed by atoms with Crippen LogP contribution in [0.15, 0.2) is 57.3 Å². The maximum Gasteiger partial charge on any atom is 0.292 e. The number of aromatic nitrogens is 2. The van der Waals surface area contributed by atoms with Gasteiger partial charge in [-0.1, -0.05) is 53.4 Å². The highest BCUT2D eigenvalue weighted by Crippen LogP contribution is 2.34. The predicted molar refractivity (Wildman–Crippen MR) is 132 cm³/mol. The van der Waals surface area contributed by atoms with Gasteiger partial charge in [-0.05, 0) is 19.1 Å². The third-order valence-electron chi connectivity index (χ3n) is 5.73. The molecule has 0 aliphatic carbocycles. The zero-order valence-electron chi connectivity index (χ0n) is 18.3. The van der Waals surface area contributed by atoms with E-state index in [2.05, 4.69) is 10.2 Å². The molecule has 0 radical (unpaired) electrons. The van der Waals surface area contributed by atoms with Crippen molar-refractivity contribution in [1.29, 1.82) is 0 Å². The molecule has 1 saturated heterocycles. The first-order valence-corrected chi connectivity index (χ1v) is 12.5. The average molecular weight is 496 g/mol. The number of amides is 1. The molecule has 4 aromatic rings. The first kappa shape index (κ1) is 22.4. The van der Waals surface area contributed by atoms with Crippen molar-refractivity contribution < 1.29 is 14.1 Å². The van der Waals surface area contributed by atoms with Gasteiger partial charge in [0, 0.05) is 48.9 Å². The first-order valence-electron chi connectivity index (χ1n) is 10.7. The SMILES string of the molecule is Cc1nnc(SCc2c(C(=O)N3CCN(c4ccccc4[N+](=O)[O-])CC3)oc3ccccc23)s1. The zero-order chi connectivity index (χ0) is 23.7. The summed E-state index contributed by atoms with van der Waals surface area (Å²) >= 11 is 3.06. The molecular formula is C23H21N5O4S2. The van der Waals surface area contributed by atoms with Crippen LogP contribution in [0.4, 0.5) is 11.4 Å². The fourth-order valence-electron chi connectivity index (χ4n) is 4.07. The van der Waals surface area contributed by atoms with Crippen molar-refractivity contribution >= 4 is 51.3 Å². The van der Waals surface area contributed by atoms with Crippen LogP contribution in [0.2, 0.25) is 0 Å².